The average Bonchev–Trinajstić information content (AvgIpc) is 3.44. The van der Waals surface area contributed by atoms with Gasteiger partial charge in [-0.25, -0.2) is 0 Å². The van der Waals surface area contributed by atoms with Crippen LogP contribution in [0, 0.1) is 5.92 Å². The Hall–Kier alpha value is -1.32. The molecule has 2 heterocycles. The van der Waals surface area contributed by atoms with Crippen LogP contribution in [0.4, 0.5) is 0 Å². The molecule has 1 aromatic carbocycles. The molecule has 5 nitrogen and oxygen atoms in total. The van der Waals surface area contributed by atoms with Crippen molar-refractivity contribution in [1.29, 1.82) is 0 Å². The topological polar surface area (TPSA) is 48.9 Å². The minimum Gasteiger partial charge on any atom is -0.493 e. The average molecular weight is 526 g/mol. The Balaban J connectivity index is 0.00000240. The molecule has 0 bridgehead atoms. The summed E-state index contributed by atoms with van der Waals surface area (Å²) >= 11 is 1.89. The second-order valence-electron chi connectivity index (χ2n) is 7.61. The molecule has 0 amide bonds. The van der Waals surface area contributed by atoms with Gasteiger partial charge < -0.3 is 15.4 Å². The predicted molar refractivity (Wildman–Crippen MR) is 132 cm³/mol. The van der Waals surface area contributed by atoms with Crippen LogP contribution in [0.1, 0.15) is 28.8 Å². The summed E-state index contributed by atoms with van der Waals surface area (Å²) in [6.45, 7) is 5.68. The lowest BCUT2D eigenvalue weighted by atomic mass is 10.1. The van der Waals surface area contributed by atoms with Crippen LogP contribution in [-0.2, 0) is 19.5 Å². The molecule has 1 aromatic heterocycles. The van der Waals surface area contributed by atoms with Crippen molar-refractivity contribution in [3.05, 3.63) is 51.7 Å². The first-order chi connectivity index (χ1) is 13.8. The third kappa shape index (κ3) is 6.58. The quantitative estimate of drug-likeness (QED) is 0.312. The number of rotatable bonds is 8. The van der Waals surface area contributed by atoms with Gasteiger partial charge in [-0.2, -0.15) is 0 Å². The molecule has 4 rings (SSSR count). The predicted octanol–water partition coefficient (Wildman–Crippen LogP) is 3.88. The summed E-state index contributed by atoms with van der Waals surface area (Å²) in [6.07, 6.45) is 3.79. The number of fused-ring (bicyclic) bond motifs is 1. The number of nitrogens with zero attached hydrogens (tertiary/aromatic N) is 2. The van der Waals surface area contributed by atoms with Gasteiger partial charge in [-0.15, -0.1) is 35.3 Å². The standard InChI is InChI=1S/C22H30N4OS.HI/c1-23-22(24-10-12-26-11-8-21-19(15-26)9-13-28-21)25-14-18-4-2-3-5-20(18)27-16-17-6-7-17;/h2-5,9,13,17H,6-8,10-12,14-16H2,1H3,(H2,23,24,25);1H. The summed E-state index contributed by atoms with van der Waals surface area (Å²) in [5.41, 5.74) is 2.67. The van der Waals surface area contributed by atoms with Crippen molar-refractivity contribution in [1.82, 2.24) is 15.5 Å². The fraction of sp³-hybridized carbons (Fsp3) is 0.500. The number of benzene rings is 1. The minimum atomic E-state index is 0. The van der Waals surface area contributed by atoms with Crippen molar-refractivity contribution in [3.63, 3.8) is 0 Å². The molecule has 2 aromatic rings. The Kier molecular flexibility index (Phi) is 8.62. The molecular formula is C22H31IN4OS. The number of halogens is 1. The van der Waals surface area contributed by atoms with E-state index < -0.39 is 0 Å². The van der Waals surface area contributed by atoms with E-state index in [-0.39, 0.29) is 24.0 Å². The van der Waals surface area contributed by atoms with Gasteiger partial charge in [0.2, 0.25) is 0 Å². The van der Waals surface area contributed by atoms with Gasteiger partial charge in [0.1, 0.15) is 5.75 Å². The summed E-state index contributed by atoms with van der Waals surface area (Å²) in [5.74, 6) is 2.58. The molecule has 29 heavy (non-hydrogen) atoms. The Morgan fingerprint density at radius 3 is 2.93 bits per heavy atom. The number of ether oxygens (including phenoxy) is 1. The fourth-order valence-corrected chi connectivity index (χ4v) is 4.40. The molecule has 0 saturated heterocycles. The van der Waals surface area contributed by atoms with Gasteiger partial charge in [-0.05, 0) is 48.3 Å². The number of para-hydroxylation sites is 1. The minimum absolute atomic E-state index is 0. The van der Waals surface area contributed by atoms with Crippen molar-refractivity contribution in [2.24, 2.45) is 10.9 Å². The second kappa shape index (κ2) is 11.2. The summed E-state index contributed by atoms with van der Waals surface area (Å²) in [6, 6.07) is 10.5. The maximum atomic E-state index is 6.00. The molecule has 1 aliphatic carbocycles. The van der Waals surface area contributed by atoms with E-state index in [9.17, 15) is 0 Å². The van der Waals surface area contributed by atoms with Gasteiger partial charge in [0.05, 0.1) is 6.61 Å². The summed E-state index contributed by atoms with van der Waals surface area (Å²) < 4.78 is 6.00. The smallest absolute Gasteiger partial charge is 0.191 e. The van der Waals surface area contributed by atoms with Gasteiger partial charge in [-0.1, -0.05) is 18.2 Å². The highest BCUT2D eigenvalue weighted by Crippen LogP contribution is 2.30. The van der Waals surface area contributed by atoms with Gasteiger partial charge in [0.15, 0.2) is 5.96 Å². The first-order valence-electron chi connectivity index (χ1n) is 10.2. The number of hydrogen-bond acceptors (Lipinski definition) is 4. The van der Waals surface area contributed by atoms with E-state index in [0.29, 0.717) is 6.54 Å². The van der Waals surface area contributed by atoms with Crippen molar-refractivity contribution < 1.29 is 4.74 Å². The van der Waals surface area contributed by atoms with Gasteiger partial charge in [0.25, 0.3) is 0 Å². The van der Waals surface area contributed by atoms with Crippen molar-refractivity contribution in [2.45, 2.75) is 32.4 Å². The van der Waals surface area contributed by atoms with E-state index in [2.05, 4.69) is 50.2 Å². The zero-order chi connectivity index (χ0) is 19.2. The Bertz CT molecular complexity index is 806. The van der Waals surface area contributed by atoms with Crippen molar-refractivity contribution in [3.8, 4) is 5.75 Å². The van der Waals surface area contributed by atoms with E-state index in [1.165, 1.54) is 30.4 Å². The molecule has 158 valence electrons. The lowest BCUT2D eigenvalue weighted by Gasteiger charge is -2.27. The SMILES string of the molecule is CN=C(NCCN1CCc2sccc2C1)NCc1ccccc1OCC1CC1.I. The molecule has 1 aliphatic heterocycles. The Morgan fingerprint density at radius 1 is 1.24 bits per heavy atom. The maximum absolute atomic E-state index is 6.00. The molecule has 0 spiro atoms. The molecule has 7 heteroatoms. The maximum Gasteiger partial charge on any atom is 0.191 e. The van der Waals surface area contributed by atoms with Crippen LogP contribution in [0.5, 0.6) is 5.75 Å². The number of guanidine groups is 1. The van der Waals surface area contributed by atoms with Crippen molar-refractivity contribution >= 4 is 41.3 Å². The third-order valence-electron chi connectivity index (χ3n) is 5.42. The van der Waals surface area contributed by atoms with E-state index in [4.69, 9.17) is 4.74 Å². The van der Waals surface area contributed by atoms with E-state index in [1.54, 1.807) is 4.88 Å². The van der Waals surface area contributed by atoms with Crippen LogP contribution < -0.4 is 15.4 Å². The zero-order valence-electron chi connectivity index (χ0n) is 17.0. The first kappa shape index (κ1) is 22.4. The number of hydrogen-bond donors (Lipinski definition) is 2. The van der Waals surface area contributed by atoms with Crippen LogP contribution in [0.25, 0.3) is 0 Å². The van der Waals surface area contributed by atoms with E-state index in [0.717, 1.165) is 50.4 Å². The van der Waals surface area contributed by atoms with Gasteiger partial charge in [-0.3, -0.25) is 9.89 Å². The van der Waals surface area contributed by atoms with Crippen LogP contribution in [0.2, 0.25) is 0 Å². The third-order valence-corrected chi connectivity index (χ3v) is 6.44. The lowest BCUT2D eigenvalue weighted by molar-refractivity contribution is 0.260. The van der Waals surface area contributed by atoms with Gasteiger partial charge in [0, 0.05) is 50.2 Å². The van der Waals surface area contributed by atoms with Crippen LogP contribution in [0.15, 0.2) is 40.7 Å². The highest BCUT2D eigenvalue weighted by molar-refractivity contribution is 14.0. The summed E-state index contributed by atoms with van der Waals surface area (Å²) in [7, 11) is 1.82. The molecule has 0 atom stereocenters. The molecule has 1 saturated carbocycles. The van der Waals surface area contributed by atoms with Crippen molar-refractivity contribution in [2.75, 3.05) is 33.3 Å². The normalized spacial score (nSPS) is 16.7. The number of aliphatic imine (C=N–C) groups is 1. The highest BCUT2D eigenvalue weighted by atomic mass is 127. The lowest BCUT2D eigenvalue weighted by Crippen LogP contribution is -2.42. The number of nitrogens with one attached hydrogen (secondary N) is 2. The molecule has 0 unspecified atom stereocenters. The second-order valence-corrected chi connectivity index (χ2v) is 8.61. The number of thiophene rings is 1. The molecule has 2 N–H and O–H groups in total. The Morgan fingerprint density at radius 2 is 2.10 bits per heavy atom. The first-order valence-corrected chi connectivity index (χ1v) is 11.1. The van der Waals surface area contributed by atoms with E-state index >= 15 is 0 Å². The molecule has 0 radical (unpaired) electrons. The summed E-state index contributed by atoms with van der Waals surface area (Å²) in [5, 5.41) is 9.08. The molecule has 2 aliphatic rings. The zero-order valence-corrected chi connectivity index (χ0v) is 20.2. The van der Waals surface area contributed by atoms with Gasteiger partial charge >= 0.3 is 0 Å². The highest BCUT2D eigenvalue weighted by Gasteiger charge is 2.22. The Labute approximate surface area is 195 Å². The van der Waals surface area contributed by atoms with Crippen LogP contribution in [0.3, 0.4) is 0 Å². The molecule has 1 fully saturated rings. The monoisotopic (exact) mass is 526 g/mol. The van der Waals surface area contributed by atoms with Crippen LogP contribution in [-0.4, -0.2) is 44.1 Å². The fourth-order valence-electron chi connectivity index (χ4n) is 3.51. The largest absolute Gasteiger partial charge is 0.493 e. The van der Waals surface area contributed by atoms with Crippen LogP contribution >= 0.6 is 35.3 Å². The summed E-state index contributed by atoms with van der Waals surface area (Å²) in [4.78, 5) is 8.43. The molecular weight excluding hydrogens is 495 g/mol. The van der Waals surface area contributed by atoms with E-state index in [1.807, 2.05) is 24.5 Å².